The topological polar surface area (TPSA) is 105 Å². The van der Waals surface area contributed by atoms with Gasteiger partial charge in [0.25, 0.3) is 5.89 Å². The molecule has 0 fully saturated rings. The zero-order valence-corrected chi connectivity index (χ0v) is 7.89. The Morgan fingerprint density at radius 1 is 1.67 bits per heavy atom. The van der Waals surface area contributed by atoms with Gasteiger partial charge in [-0.2, -0.15) is 4.98 Å². The lowest BCUT2D eigenvalue weighted by atomic mass is 10.3. The van der Waals surface area contributed by atoms with Gasteiger partial charge < -0.3 is 14.6 Å². The third-order valence-electron chi connectivity index (χ3n) is 1.84. The van der Waals surface area contributed by atoms with Crippen LogP contribution in [0.15, 0.2) is 10.9 Å². The molecule has 2 aromatic heterocycles. The molecule has 2 N–H and O–H groups in total. The number of H-pyrrole nitrogens is 1. The van der Waals surface area contributed by atoms with Gasteiger partial charge in [0.2, 0.25) is 0 Å². The number of rotatable bonds is 3. The maximum atomic E-state index is 10.8. The van der Waals surface area contributed by atoms with Crippen molar-refractivity contribution < 1.29 is 14.4 Å². The average Bonchev–Trinajstić information content (AvgIpc) is 2.85. The number of aromatic nitrogens is 4. The second-order valence-corrected chi connectivity index (χ2v) is 2.80. The molecule has 15 heavy (non-hydrogen) atoms. The van der Waals surface area contributed by atoms with Crippen LogP contribution in [0.4, 0.5) is 0 Å². The predicted octanol–water partition coefficient (Wildman–Crippen LogP) is 0.720. The summed E-state index contributed by atoms with van der Waals surface area (Å²) in [5.41, 5.74) is 0.107. The van der Waals surface area contributed by atoms with Crippen molar-refractivity contribution in [2.75, 3.05) is 0 Å². The molecular formula is C8H8N4O3. The van der Waals surface area contributed by atoms with E-state index in [0.717, 1.165) is 0 Å². The molecule has 78 valence electrons. The molecule has 0 atom stereocenters. The summed E-state index contributed by atoms with van der Waals surface area (Å²) in [7, 11) is 0. The van der Waals surface area contributed by atoms with Gasteiger partial charge in [-0.15, -0.1) is 0 Å². The molecule has 7 nitrogen and oxygen atoms in total. The zero-order chi connectivity index (χ0) is 10.8. The highest BCUT2D eigenvalue weighted by Crippen LogP contribution is 2.18. The summed E-state index contributed by atoms with van der Waals surface area (Å²) < 4.78 is 4.90. The molecular weight excluding hydrogens is 200 g/mol. The number of aromatic amines is 1. The van der Waals surface area contributed by atoms with Crippen molar-refractivity contribution in [3.05, 3.63) is 17.8 Å². The molecule has 0 saturated heterocycles. The molecule has 0 unspecified atom stereocenters. The van der Waals surface area contributed by atoms with Gasteiger partial charge in [-0.05, 0) is 0 Å². The van der Waals surface area contributed by atoms with E-state index in [0.29, 0.717) is 12.2 Å². The minimum absolute atomic E-state index is 0.124. The van der Waals surface area contributed by atoms with Gasteiger partial charge in [0, 0.05) is 6.42 Å². The fourth-order valence-corrected chi connectivity index (χ4v) is 1.12. The summed E-state index contributed by atoms with van der Waals surface area (Å²) in [5, 5.41) is 12.5. The first kappa shape index (κ1) is 9.38. The fourth-order valence-electron chi connectivity index (χ4n) is 1.12. The first-order valence-electron chi connectivity index (χ1n) is 4.32. The lowest BCUT2D eigenvalue weighted by Gasteiger charge is -1.90. The zero-order valence-electron chi connectivity index (χ0n) is 7.89. The van der Waals surface area contributed by atoms with Crippen molar-refractivity contribution in [1.29, 1.82) is 0 Å². The van der Waals surface area contributed by atoms with Crippen molar-refractivity contribution in [1.82, 2.24) is 20.1 Å². The van der Waals surface area contributed by atoms with Gasteiger partial charge in [0.1, 0.15) is 5.69 Å². The fraction of sp³-hybridized carbons (Fsp3) is 0.250. The third-order valence-corrected chi connectivity index (χ3v) is 1.84. The van der Waals surface area contributed by atoms with E-state index in [4.69, 9.17) is 9.63 Å². The molecule has 0 aliphatic carbocycles. The van der Waals surface area contributed by atoms with Crippen LogP contribution in [0, 0.1) is 0 Å². The van der Waals surface area contributed by atoms with Crippen LogP contribution in [0.5, 0.6) is 0 Å². The van der Waals surface area contributed by atoms with Gasteiger partial charge in [-0.25, -0.2) is 9.78 Å². The molecule has 0 radical (unpaired) electrons. The Bertz CT molecular complexity index is 488. The molecule has 0 amide bonds. The van der Waals surface area contributed by atoms with E-state index >= 15 is 0 Å². The Balaban J connectivity index is 2.44. The molecule has 0 aliphatic heterocycles. The van der Waals surface area contributed by atoms with Crippen molar-refractivity contribution in [3.8, 4) is 11.6 Å². The van der Waals surface area contributed by atoms with E-state index in [9.17, 15) is 4.79 Å². The summed E-state index contributed by atoms with van der Waals surface area (Å²) in [5.74, 6) is -0.472. The minimum atomic E-state index is -1.14. The number of carboxylic acids is 1. The van der Waals surface area contributed by atoms with Crippen LogP contribution >= 0.6 is 0 Å². The van der Waals surface area contributed by atoms with Crippen LogP contribution in [-0.2, 0) is 6.42 Å². The van der Waals surface area contributed by atoms with E-state index in [2.05, 4.69) is 20.1 Å². The Hall–Kier alpha value is -2.18. The molecule has 2 aromatic rings. The Kier molecular flexibility index (Phi) is 2.20. The Morgan fingerprint density at radius 2 is 2.47 bits per heavy atom. The lowest BCUT2D eigenvalue weighted by Crippen LogP contribution is -1.99. The minimum Gasteiger partial charge on any atom is -0.476 e. The highest BCUT2D eigenvalue weighted by Gasteiger charge is 2.19. The molecule has 0 saturated carbocycles. The van der Waals surface area contributed by atoms with Crippen molar-refractivity contribution in [2.24, 2.45) is 0 Å². The number of carbonyl (C=O) groups is 1. The van der Waals surface area contributed by atoms with Gasteiger partial charge in [-0.1, -0.05) is 12.1 Å². The van der Waals surface area contributed by atoms with Gasteiger partial charge in [0.15, 0.2) is 11.5 Å². The molecule has 2 heterocycles. The largest absolute Gasteiger partial charge is 0.476 e. The van der Waals surface area contributed by atoms with Gasteiger partial charge in [0.05, 0.1) is 6.33 Å². The summed E-state index contributed by atoms with van der Waals surface area (Å²) in [4.78, 5) is 21.1. The standard InChI is InChI=1S/C8H8N4O3/c1-2-4-11-7(15-12-4)5-6(8(13)14)10-3-9-5/h3H,2H2,1H3,(H,9,10)(H,13,14). The van der Waals surface area contributed by atoms with Crippen molar-refractivity contribution in [2.45, 2.75) is 13.3 Å². The van der Waals surface area contributed by atoms with Crippen LogP contribution in [0.3, 0.4) is 0 Å². The number of aromatic carboxylic acids is 1. The number of nitrogens with one attached hydrogen (secondary N) is 1. The van der Waals surface area contributed by atoms with Gasteiger partial charge >= 0.3 is 5.97 Å². The summed E-state index contributed by atoms with van der Waals surface area (Å²) in [6, 6.07) is 0. The first-order chi connectivity index (χ1) is 7.22. The number of carboxylic acid groups (broad SMARTS) is 1. The van der Waals surface area contributed by atoms with Gasteiger partial charge in [-0.3, -0.25) is 0 Å². The number of aryl methyl sites for hydroxylation is 1. The summed E-state index contributed by atoms with van der Waals surface area (Å²) >= 11 is 0. The molecule has 0 bridgehead atoms. The van der Waals surface area contributed by atoms with E-state index in [1.165, 1.54) is 6.33 Å². The molecule has 7 heteroatoms. The maximum absolute atomic E-state index is 10.8. The highest BCUT2D eigenvalue weighted by atomic mass is 16.5. The predicted molar refractivity (Wildman–Crippen MR) is 48.2 cm³/mol. The van der Waals surface area contributed by atoms with E-state index < -0.39 is 5.97 Å². The molecule has 0 aliphatic rings. The van der Waals surface area contributed by atoms with Crippen LogP contribution in [0.25, 0.3) is 11.6 Å². The second-order valence-electron chi connectivity index (χ2n) is 2.80. The third kappa shape index (κ3) is 1.58. The second kappa shape index (κ2) is 3.52. The van der Waals surface area contributed by atoms with Crippen molar-refractivity contribution >= 4 is 5.97 Å². The number of hydrogen-bond donors (Lipinski definition) is 2. The Labute approximate surface area is 84.2 Å². The lowest BCUT2D eigenvalue weighted by molar-refractivity contribution is 0.0691. The van der Waals surface area contributed by atoms with Crippen LogP contribution in [-0.4, -0.2) is 31.2 Å². The average molecular weight is 208 g/mol. The molecule has 2 rings (SSSR count). The number of imidazole rings is 1. The smallest absolute Gasteiger partial charge is 0.356 e. The number of nitrogens with zero attached hydrogens (tertiary/aromatic N) is 3. The normalized spacial score (nSPS) is 10.5. The quantitative estimate of drug-likeness (QED) is 0.769. The highest BCUT2D eigenvalue weighted by molar-refractivity contribution is 5.91. The monoisotopic (exact) mass is 208 g/mol. The summed E-state index contributed by atoms with van der Waals surface area (Å²) in [6.45, 7) is 1.87. The summed E-state index contributed by atoms with van der Waals surface area (Å²) in [6.07, 6.45) is 1.90. The number of hydrogen-bond acceptors (Lipinski definition) is 5. The van der Waals surface area contributed by atoms with Crippen molar-refractivity contribution in [3.63, 3.8) is 0 Å². The van der Waals surface area contributed by atoms with Crippen LogP contribution < -0.4 is 0 Å². The van der Waals surface area contributed by atoms with Crippen LogP contribution in [0.2, 0.25) is 0 Å². The van der Waals surface area contributed by atoms with E-state index in [1.807, 2.05) is 6.92 Å². The maximum Gasteiger partial charge on any atom is 0.356 e. The SMILES string of the molecule is CCc1noc(-c2[nH]cnc2C(=O)O)n1. The van der Waals surface area contributed by atoms with Crippen LogP contribution in [0.1, 0.15) is 23.2 Å². The first-order valence-corrected chi connectivity index (χ1v) is 4.32. The Morgan fingerprint density at radius 3 is 3.07 bits per heavy atom. The molecule has 0 aromatic carbocycles. The van der Waals surface area contributed by atoms with E-state index in [1.54, 1.807) is 0 Å². The molecule has 0 spiro atoms. The van der Waals surface area contributed by atoms with E-state index in [-0.39, 0.29) is 17.3 Å².